The summed E-state index contributed by atoms with van der Waals surface area (Å²) < 4.78 is 1.70. The summed E-state index contributed by atoms with van der Waals surface area (Å²) in [5, 5.41) is 21.4. The minimum absolute atomic E-state index is 0.164. The fraction of sp³-hybridized carbons (Fsp3) is 0.312. The average molecular weight is 308 g/mol. The highest BCUT2D eigenvalue weighted by Gasteiger charge is 2.15. The fourth-order valence-corrected chi connectivity index (χ4v) is 2.12. The zero-order valence-electron chi connectivity index (χ0n) is 12.6. The van der Waals surface area contributed by atoms with Crippen LogP contribution < -0.4 is 0 Å². The Hall–Kier alpha value is -3.19. The first-order valence-corrected chi connectivity index (χ1v) is 7.19. The topological polar surface area (TPSA) is 98.6 Å². The lowest BCUT2D eigenvalue weighted by Gasteiger charge is -2.20. The summed E-state index contributed by atoms with van der Waals surface area (Å²) in [6.45, 7) is 1.25. The van der Waals surface area contributed by atoms with Crippen molar-refractivity contribution in [3.05, 3.63) is 48.0 Å². The van der Waals surface area contributed by atoms with Gasteiger partial charge in [-0.05, 0) is 17.7 Å². The number of benzene rings is 1. The zero-order chi connectivity index (χ0) is 16.5. The molecular weight excluding hydrogens is 292 g/mol. The highest BCUT2D eigenvalue weighted by molar-refractivity contribution is 5.94. The number of amides is 1. The van der Waals surface area contributed by atoms with Crippen LogP contribution in [0.4, 0.5) is 0 Å². The minimum atomic E-state index is -0.164. The second kappa shape index (κ2) is 8.30. The van der Waals surface area contributed by atoms with Crippen LogP contribution in [0.1, 0.15) is 28.8 Å². The van der Waals surface area contributed by atoms with Crippen LogP contribution in [-0.2, 0) is 6.54 Å². The summed E-state index contributed by atoms with van der Waals surface area (Å²) in [6.07, 6.45) is 3.61. The minimum Gasteiger partial charge on any atom is -0.337 e. The maximum atomic E-state index is 12.5. The van der Waals surface area contributed by atoms with E-state index in [-0.39, 0.29) is 18.7 Å². The molecule has 116 valence electrons. The highest BCUT2D eigenvalue weighted by atomic mass is 16.2. The molecule has 0 aliphatic rings. The molecule has 1 aromatic heterocycles. The van der Waals surface area contributed by atoms with Gasteiger partial charge in [0.05, 0.1) is 31.5 Å². The second-order valence-corrected chi connectivity index (χ2v) is 4.90. The first-order chi connectivity index (χ1) is 11.2. The average Bonchev–Trinajstić information content (AvgIpc) is 3.08. The third-order valence-electron chi connectivity index (χ3n) is 3.29. The van der Waals surface area contributed by atoms with Gasteiger partial charge >= 0.3 is 0 Å². The molecule has 0 atom stereocenters. The van der Waals surface area contributed by atoms with Gasteiger partial charge in [-0.1, -0.05) is 12.1 Å². The van der Waals surface area contributed by atoms with Crippen LogP contribution >= 0.6 is 0 Å². The van der Waals surface area contributed by atoms with Crippen LogP contribution in [0.2, 0.25) is 0 Å². The normalized spacial score (nSPS) is 9.83. The Morgan fingerprint density at radius 1 is 1.13 bits per heavy atom. The van der Waals surface area contributed by atoms with E-state index in [0.29, 0.717) is 25.2 Å². The van der Waals surface area contributed by atoms with Crippen molar-refractivity contribution in [3.63, 3.8) is 0 Å². The largest absolute Gasteiger partial charge is 0.337 e. The van der Waals surface area contributed by atoms with Crippen LogP contribution in [0.15, 0.2) is 36.9 Å². The highest BCUT2D eigenvalue weighted by Crippen LogP contribution is 2.10. The summed E-state index contributed by atoms with van der Waals surface area (Å²) in [5.74, 6) is -0.164. The molecule has 23 heavy (non-hydrogen) atoms. The quantitative estimate of drug-likeness (QED) is 0.773. The molecule has 0 aliphatic heterocycles. The van der Waals surface area contributed by atoms with Gasteiger partial charge in [0.25, 0.3) is 5.91 Å². The SMILES string of the molecule is N#CCCN(CCC#N)C(=O)c1ccc(Cn2cncn2)cc1. The number of hydrogen-bond donors (Lipinski definition) is 0. The molecule has 0 spiro atoms. The van der Waals surface area contributed by atoms with Crippen LogP contribution in [0.5, 0.6) is 0 Å². The molecule has 0 unspecified atom stereocenters. The number of aromatic nitrogens is 3. The molecule has 2 aromatic rings. The molecule has 0 fully saturated rings. The summed E-state index contributed by atoms with van der Waals surface area (Å²) >= 11 is 0. The summed E-state index contributed by atoms with van der Waals surface area (Å²) in [5.41, 5.74) is 1.55. The number of nitriles is 2. The standard InChI is InChI=1S/C16H16N6O/c17-7-1-9-21(10-2-8-18)16(23)15-5-3-14(4-6-15)11-22-13-19-12-20-22/h3-6,12-13H,1-2,9-11H2. The van der Waals surface area contributed by atoms with E-state index in [4.69, 9.17) is 10.5 Å². The predicted molar refractivity (Wildman–Crippen MR) is 81.9 cm³/mol. The molecular formula is C16H16N6O. The van der Waals surface area contributed by atoms with Gasteiger partial charge in [-0.25, -0.2) is 9.67 Å². The molecule has 7 heteroatoms. The van der Waals surface area contributed by atoms with Crippen LogP contribution in [0.25, 0.3) is 0 Å². The van der Waals surface area contributed by atoms with Gasteiger partial charge in [-0.2, -0.15) is 15.6 Å². The molecule has 7 nitrogen and oxygen atoms in total. The fourth-order valence-electron chi connectivity index (χ4n) is 2.12. The Kier molecular flexibility index (Phi) is 5.84. The van der Waals surface area contributed by atoms with E-state index in [1.54, 1.807) is 28.0 Å². The number of rotatable bonds is 7. The number of hydrogen-bond acceptors (Lipinski definition) is 5. The molecule has 0 saturated heterocycles. The van der Waals surface area contributed by atoms with Gasteiger partial charge in [0.2, 0.25) is 0 Å². The van der Waals surface area contributed by atoms with Crippen LogP contribution in [0, 0.1) is 22.7 Å². The van der Waals surface area contributed by atoms with E-state index < -0.39 is 0 Å². The molecule has 0 saturated carbocycles. The second-order valence-electron chi connectivity index (χ2n) is 4.90. The summed E-state index contributed by atoms with van der Waals surface area (Å²) in [6, 6.07) is 11.3. The molecule has 1 amide bonds. The van der Waals surface area contributed by atoms with Gasteiger partial charge in [0.1, 0.15) is 12.7 Å². The first kappa shape index (κ1) is 16.2. The van der Waals surface area contributed by atoms with Crippen molar-refractivity contribution in [2.45, 2.75) is 19.4 Å². The molecule has 1 aromatic carbocycles. The Labute approximate surface area is 134 Å². The predicted octanol–water partition coefficient (Wildman–Crippen LogP) is 1.60. The number of carbonyl (C=O) groups excluding carboxylic acids is 1. The van der Waals surface area contributed by atoms with Gasteiger partial charge in [0, 0.05) is 18.7 Å². The van der Waals surface area contributed by atoms with Gasteiger partial charge in [-0.15, -0.1) is 0 Å². The third kappa shape index (κ3) is 4.65. The monoisotopic (exact) mass is 308 g/mol. The maximum absolute atomic E-state index is 12.5. The van der Waals surface area contributed by atoms with Crippen LogP contribution in [-0.4, -0.2) is 38.7 Å². The van der Waals surface area contributed by atoms with Crippen molar-refractivity contribution in [1.29, 1.82) is 10.5 Å². The lowest BCUT2D eigenvalue weighted by molar-refractivity contribution is 0.0762. The first-order valence-electron chi connectivity index (χ1n) is 7.19. The Balaban J connectivity index is 2.05. The van der Waals surface area contributed by atoms with Gasteiger partial charge < -0.3 is 4.90 Å². The third-order valence-corrected chi connectivity index (χ3v) is 3.29. The van der Waals surface area contributed by atoms with E-state index in [2.05, 4.69) is 10.1 Å². The van der Waals surface area contributed by atoms with Crippen molar-refractivity contribution < 1.29 is 4.79 Å². The molecule has 0 bridgehead atoms. The summed E-state index contributed by atoms with van der Waals surface area (Å²) in [7, 11) is 0. The van der Waals surface area contributed by atoms with E-state index >= 15 is 0 Å². The molecule has 0 N–H and O–H groups in total. The lowest BCUT2D eigenvalue weighted by atomic mass is 10.1. The van der Waals surface area contributed by atoms with E-state index in [1.807, 2.05) is 24.3 Å². The molecule has 2 rings (SSSR count). The van der Waals surface area contributed by atoms with Crippen molar-refractivity contribution in [1.82, 2.24) is 19.7 Å². The molecule has 0 radical (unpaired) electrons. The molecule has 0 aliphatic carbocycles. The Morgan fingerprint density at radius 2 is 1.78 bits per heavy atom. The lowest BCUT2D eigenvalue weighted by Crippen LogP contribution is -2.32. The maximum Gasteiger partial charge on any atom is 0.253 e. The van der Waals surface area contributed by atoms with Gasteiger partial charge in [-0.3, -0.25) is 4.79 Å². The van der Waals surface area contributed by atoms with Crippen molar-refractivity contribution in [2.75, 3.05) is 13.1 Å². The zero-order valence-corrected chi connectivity index (χ0v) is 12.6. The Morgan fingerprint density at radius 3 is 2.30 bits per heavy atom. The van der Waals surface area contributed by atoms with Crippen LogP contribution in [0.3, 0.4) is 0 Å². The molecule has 1 heterocycles. The van der Waals surface area contributed by atoms with Crippen molar-refractivity contribution in [3.8, 4) is 12.1 Å². The van der Waals surface area contributed by atoms with Crippen molar-refractivity contribution >= 4 is 5.91 Å². The van der Waals surface area contributed by atoms with Crippen molar-refractivity contribution in [2.24, 2.45) is 0 Å². The van der Waals surface area contributed by atoms with E-state index in [9.17, 15) is 4.79 Å². The number of nitrogens with zero attached hydrogens (tertiary/aromatic N) is 6. The van der Waals surface area contributed by atoms with E-state index in [0.717, 1.165) is 5.56 Å². The van der Waals surface area contributed by atoms with Gasteiger partial charge in [0.15, 0.2) is 0 Å². The Bertz CT molecular complexity index is 691. The summed E-state index contributed by atoms with van der Waals surface area (Å²) in [4.78, 5) is 17.9. The number of carbonyl (C=O) groups is 1. The smallest absolute Gasteiger partial charge is 0.253 e. The van der Waals surface area contributed by atoms with E-state index in [1.165, 1.54) is 6.33 Å².